The fourth-order valence-electron chi connectivity index (χ4n) is 3.04. The summed E-state index contributed by atoms with van der Waals surface area (Å²) in [7, 11) is -5.97. The average molecular weight is 439 g/mol. The molecule has 0 saturated carbocycles. The van der Waals surface area contributed by atoms with E-state index in [-0.39, 0.29) is 6.61 Å². The molecule has 0 aromatic carbocycles. The van der Waals surface area contributed by atoms with Crippen molar-refractivity contribution in [1.29, 1.82) is 0 Å². The summed E-state index contributed by atoms with van der Waals surface area (Å²) in [5, 5.41) is 18.5. The van der Waals surface area contributed by atoms with Gasteiger partial charge in [-0.2, -0.15) is 0 Å². The Labute approximate surface area is 164 Å². The molecule has 0 spiro atoms. The lowest BCUT2D eigenvalue weighted by molar-refractivity contribution is -0.153. The third-order valence-electron chi connectivity index (χ3n) is 3.64. The fourth-order valence-corrected chi connectivity index (χ4v) is 15.5. The zero-order chi connectivity index (χ0) is 21.0. The van der Waals surface area contributed by atoms with Gasteiger partial charge in [-0.25, -0.2) is 4.79 Å². The second-order valence-corrected chi connectivity index (χ2v) is 21.8. The Balaban J connectivity index is 2.61. The normalized spacial score (nSPS) is 22.9. The van der Waals surface area contributed by atoms with E-state index in [1.165, 1.54) is 0 Å². The largest absolute Gasteiger partial charge is 0.449 e. The molecule has 0 radical (unpaired) electrons. The highest BCUT2D eigenvalue weighted by Gasteiger charge is 2.47. The van der Waals surface area contributed by atoms with Gasteiger partial charge in [-0.3, -0.25) is 4.79 Å². The molecule has 1 rings (SSSR count). The van der Waals surface area contributed by atoms with Crippen LogP contribution in [-0.4, -0.2) is 78.7 Å². The van der Waals surface area contributed by atoms with Gasteiger partial charge in [-0.05, 0) is 58.3 Å². The molecule has 3 atom stereocenters. The Morgan fingerprint density at radius 1 is 1.04 bits per heavy atom. The SMILES string of the molecule is C[Si](C)(C)O[Si](C)(CCCOC1C(=O)OC(C(O)CO)C1=O)O[Si](C)(C)C. The molecule has 1 fully saturated rings. The molecular weight excluding hydrogens is 404 g/mol. The molecule has 1 aliphatic rings. The van der Waals surface area contributed by atoms with Gasteiger partial charge in [0.25, 0.3) is 0 Å². The third kappa shape index (κ3) is 8.23. The van der Waals surface area contributed by atoms with Crippen LogP contribution in [0.25, 0.3) is 0 Å². The van der Waals surface area contributed by atoms with Crippen molar-refractivity contribution in [3.63, 3.8) is 0 Å². The van der Waals surface area contributed by atoms with E-state index in [4.69, 9.17) is 22.8 Å². The van der Waals surface area contributed by atoms with Gasteiger partial charge in [0.2, 0.25) is 11.9 Å². The molecule has 11 heteroatoms. The molecule has 1 aliphatic heterocycles. The molecule has 1 saturated heterocycles. The molecule has 0 amide bonds. The minimum Gasteiger partial charge on any atom is -0.449 e. The van der Waals surface area contributed by atoms with Crippen molar-refractivity contribution in [3.05, 3.63) is 0 Å². The first kappa shape index (κ1) is 24.6. The van der Waals surface area contributed by atoms with E-state index < -0.39 is 61.9 Å². The maximum atomic E-state index is 12.1. The highest BCUT2D eigenvalue weighted by Crippen LogP contribution is 2.26. The van der Waals surface area contributed by atoms with Gasteiger partial charge in [0.05, 0.1) is 6.61 Å². The Morgan fingerprint density at radius 2 is 1.56 bits per heavy atom. The molecular formula is C16H34O8Si3. The van der Waals surface area contributed by atoms with E-state index in [0.717, 1.165) is 0 Å². The number of ketones is 1. The lowest BCUT2D eigenvalue weighted by Gasteiger charge is -2.38. The second-order valence-electron chi connectivity index (χ2n) is 8.93. The van der Waals surface area contributed by atoms with E-state index in [1.54, 1.807) is 0 Å². The fraction of sp³-hybridized carbons (Fsp3) is 0.875. The maximum Gasteiger partial charge on any atom is 0.344 e. The Morgan fingerprint density at radius 3 is 2.00 bits per heavy atom. The molecule has 0 aromatic rings. The first-order chi connectivity index (χ1) is 12.2. The van der Waals surface area contributed by atoms with Gasteiger partial charge in [-0.1, -0.05) is 0 Å². The van der Waals surface area contributed by atoms with Crippen LogP contribution in [0.4, 0.5) is 0 Å². The number of aliphatic hydroxyl groups excluding tert-OH is 2. The number of ether oxygens (including phenoxy) is 2. The monoisotopic (exact) mass is 438 g/mol. The number of esters is 1. The Hall–Kier alpha value is -0.409. The van der Waals surface area contributed by atoms with Gasteiger partial charge in [0.15, 0.2) is 22.7 Å². The van der Waals surface area contributed by atoms with Crippen LogP contribution in [0.1, 0.15) is 6.42 Å². The van der Waals surface area contributed by atoms with Crippen molar-refractivity contribution in [2.45, 2.75) is 76.6 Å². The van der Waals surface area contributed by atoms with Gasteiger partial charge in [0, 0.05) is 6.61 Å². The third-order valence-corrected chi connectivity index (χ3v) is 13.3. The number of rotatable bonds is 11. The summed E-state index contributed by atoms with van der Waals surface area (Å²) in [6, 6.07) is 0.695. The summed E-state index contributed by atoms with van der Waals surface area (Å²) < 4.78 is 23.0. The van der Waals surface area contributed by atoms with Gasteiger partial charge in [0.1, 0.15) is 6.10 Å². The van der Waals surface area contributed by atoms with Crippen LogP contribution >= 0.6 is 0 Å². The van der Waals surface area contributed by atoms with Crippen LogP contribution in [0.3, 0.4) is 0 Å². The van der Waals surface area contributed by atoms with Crippen LogP contribution in [0.15, 0.2) is 0 Å². The number of hydrogen-bond donors (Lipinski definition) is 2. The summed E-state index contributed by atoms with van der Waals surface area (Å²) in [5.41, 5.74) is 0. The number of cyclic esters (lactones) is 1. The Kier molecular flexibility index (Phi) is 8.57. The minimum atomic E-state index is -2.40. The highest BCUT2D eigenvalue weighted by atomic mass is 28.5. The molecule has 2 N–H and O–H groups in total. The van der Waals surface area contributed by atoms with Crippen molar-refractivity contribution in [1.82, 2.24) is 0 Å². The van der Waals surface area contributed by atoms with Gasteiger partial charge >= 0.3 is 14.5 Å². The number of Topliss-reactive ketones (excluding diaryl/α,β-unsaturated/α-hetero) is 1. The number of carbonyl (C=O) groups excluding carboxylic acids is 2. The predicted molar refractivity (Wildman–Crippen MR) is 108 cm³/mol. The van der Waals surface area contributed by atoms with Crippen molar-refractivity contribution in [2.75, 3.05) is 13.2 Å². The van der Waals surface area contributed by atoms with Crippen LogP contribution in [0.5, 0.6) is 0 Å². The molecule has 0 aliphatic carbocycles. The number of carbonyl (C=O) groups is 2. The van der Waals surface area contributed by atoms with E-state index >= 15 is 0 Å². The topological polar surface area (TPSA) is 112 Å². The minimum absolute atomic E-state index is 0.181. The Bertz CT molecular complexity index is 513. The summed E-state index contributed by atoms with van der Waals surface area (Å²) in [4.78, 5) is 23.9. The van der Waals surface area contributed by atoms with Crippen LogP contribution in [-0.2, 0) is 27.3 Å². The summed E-state index contributed by atoms with van der Waals surface area (Å²) >= 11 is 0. The van der Waals surface area contributed by atoms with Crippen molar-refractivity contribution >= 4 is 36.9 Å². The van der Waals surface area contributed by atoms with Gasteiger partial charge < -0.3 is 27.9 Å². The van der Waals surface area contributed by atoms with E-state index in [2.05, 4.69) is 45.8 Å². The summed E-state index contributed by atoms with van der Waals surface area (Å²) in [5.74, 6) is -1.48. The first-order valence-corrected chi connectivity index (χ1v) is 18.6. The standard InChI is InChI=1S/C16H34O8Si3/c1-25(2,3)23-27(7,24-26(4,5)6)10-8-9-21-15-13(19)14(12(18)11-17)22-16(15)20/h12,14-15,17-18H,8-11H2,1-7H3. The number of aliphatic hydroxyl groups is 2. The highest BCUT2D eigenvalue weighted by molar-refractivity contribution is 6.87. The summed E-state index contributed by atoms with van der Waals surface area (Å²) in [6.07, 6.45) is -3.55. The lowest BCUT2D eigenvalue weighted by Crippen LogP contribution is -2.52. The van der Waals surface area contributed by atoms with Crippen molar-refractivity contribution in [3.8, 4) is 0 Å². The van der Waals surface area contributed by atoms with Crippen LogP contribution in [0, 0.1) is 0 Å². The molecule has 1 heterocycles. The number of hydrogen-bond acceptors (Lipinski definition) is 8. The van der Waals surface area contributed by atoms with E-state index in [9.17, 15) is 14.7 Å². The lowest BCUT2D eigenvalue weighted by atomic mass is 10.1. The zero-order valence-electron chi connectivity index (χ0n) is 17.4. The first-order valence-electron chi connectivity index (χ1n) is 9.22. The molecule has 0 bridgehead atoms. The molecule has 0 aromatic heterocycles. The second kappa shape index (κ2) is 9.39. The molecule has 8 nitrogen and oxygen atoms in total. The maximum absolute atomic E-state index is 12.1. The smallest absolute Gasteiger partial charge is 0.344 e. The zero-order valence-corrected chi connectivity index (χ0v) is 20.4. The van der Waals surface area contributed by atoms with E-state index in [0.29, 0.717) is 12.5 Å². The van der Waals surface area contributed by atoms with Gasteiger partial charge in [-0.15, -0.1) is 0 Å². The average Bonchev–Trinajstić information content (AvgIpc) is 2.74. The molecule has 27 heavy (non-hydrogen) atoms. The summed E-state index contributed by atoms with van der Waals surface area (Å²) in [6.45, 7) is 14.3. The molecule has 3 unspecified atom stereocenters. The van der Waals surface area contributed by atoms with Crippen molar-refractivity contribution in [2.24, 2.45) is 0 Å². The van der Waals surface area contributed by atoms with E-state index in [1.807, 2.05) is 0 Å². The quantitative estimate of drug-likeness (QED) is 0.215. The molecule has 158 valence electrons. The van der Waals surface area contributed by atoms with Crippen LogP contribution < -0.4 is 0 Å². The predicted octanol–water partition coefficient (Wildman–Crippen LogP) is 1.38. The van der Waals surface area contributed by atoms with Crippen LogP contribution in [0.2, 0.25) is 51.9 Å². The van der Waals surface area contributed by atoms with Crippen molar-refractivity contribution < 1.29 is 37.5 Å².